The molecule has 0 aliphatic rings. The lowest BCUT2D eigenvalue weighted by Crippen LogP contribution is -2.45. The second-order valence-electron chi connectivity index (χ2n) is 4.21. The van der Waals surface area contributed by atoms with E-state index < -0.39 is 17.4 Å². The van der Waals surface area contributed by atoms with Crippen molar-refractivity contribution in [2.24, 2.45) is 0 Å². The van der Waals surface area contributed by atoms with E-state index >= 15 is 0 Å². The molecule has 4 nitrogen and oxygen atoms in total. The molecule has 1 aromatic rings. The van der Waals surface area contributed by atoms with E-state index in [-0.39, 0.29) is 13.2 Å². The summed E-state index contributed by atoms with van der Waals surface area (Å²) in [6, 6.07) is 7.30. The Morgan fingerprint density at radius 2 is 1.65 bits per heavy atom. The molecule has 0 aliphatic heterocycles. The molecule has 1 aromatic carbocycles. The van der Waals surface area contributed by atoms with E-state index in [2.05, 4.69) is 22.6 Å². The predicted molar refractivity (Wildman–Crippen MR) is 84.4 cm³/mol. The van der Waals surface area contributed by atoms with Gasteiger partial charge < -0.3 is 9.47 Å². The molecule has 0 heterocycles. The highest BCUT2D eigenvalue weighted by molar-refractivity contribution is 14.1. The van der Waals surface area contributed by atoms with Gasteiger partial charge in [0.25, 0.3) is 0 Å². The van der Waals surface area contributed by atoms with Gasteiger partial charge in [0.15, 0.2) is 5.41 Å². The van der Waals surface area contributed by atoms with Gasteiger partial charge in [0.05, 0.1) is 13.2 Å². The van der Waals surface area contributed by atoms with Crippen LogP contribution in [-0.2, 0) is 24.5 Å². The highest BCUT2D eigenvalue weighted by Gasteiger charge is 2.49. The van der Waals surface area contributed by atoms with Crippen LogP contribution >= 0.6 is 22.6 Å². The molecule has 0 spiro atoms. The summed E-state index contributed by atoms with van der Waals surface area (Å²) < 4.78 is 11.2. The number of hydrogen-bond acceptors (Lipinski definition) is 4. The number of hydrogen-bond donors (Lipinski definition) is 0. The van der Waals surface area contributed by atoms with Crippen molar-refractivity contribution in [3.8, 4) is 0 Å². The van der Waals surface area contributed by atoms with Gasteiger partial charge in [-0.1, -0.05) is 19.1 Å². The first-order chi connectivity index (χ1) is 9.52. The van der Waals surface area contributed by atoms with Crippen LogP contribution in [0, 0.1) is 3.57 Å². The molecule has 0 aliphatic carbocycles. The Bertz CT molecular complexity index is 467. The molecular weight excluding hydrogens is 369 g/mol. The molecule has 20 heavy (non-hydrogen) atoms. The van der Waals surface area contributed by atoms with Crippen LogP contribution in [0.25, 0.3) is 0 Å². The van der Waals surface area contributed by atoms with E-state index in [0.29, 0.717) is 12.0 Å². The molecule has 0 fully saturated rings. The predicted octanol–water partition coefficient (Wildman–Crippen LogP) is 3.07. The zero-order valence-electron chi connectivity index (χ0n) is 11.9. The third-order valence-corrected chi connectivity index (χ3v) is 3.77. The largest absolute Gasteiger partial charge is 0.465 e. The van der Waals surface area contributed by atoms with E-state index in [9.17, 15) is 9.59 Å². The van der Waals surface area contributed by atoms with Gasteiger partial charge in [-0.3, -0.25) is 9.59 Å². The molecule has 0 saturated heterocycles. The summed E-state index contributed by atoms with van der Waals surface area (Å²) in [7, 11) is 0. The van der Waals surface area contributed by atoms with Crippen molar-refractivity contribution in [1.82, 2.24) is 0 Å². The van der Waals surface area contributed by atoms with Gasteiger partial charge in [-0.15, -0.1) is 0 Å². The monoisotopic (exact) mass is 388 g/mol. The molecule has 0 aromatic heterocycles. The van der Waals surface area contributed by atoms with Crippen LogP contribution in [0.15, 0.2) is 24.3 Å². The van der Waals surface area contributed by atoms with Crippen LogP contribution in [0.5, 0.6) is 0 Å². The number of carbonyl (C=O) groups is 2. The van der Waals surface area contributed by atoms with Crippen molar-refractivity contribution in [3.63, 3.8) is 0 Å². The maximum Gasteiger partial charge on any atom is 0.328 e. The highest BCUT2D eigenvalue weighted by atomic mass is 125. The van der Waals surface area contributed by atoms with Crippen molar-refractivity contribution >= 4 is 34.5 Å². The summed E-state index contributed by atoms with van der Waals surface area (Å²) in [4.78, 5) is 24.8. The van der Waals surface area contributed by atoms with Gasteiger partial charge in [-0.2, -0.15) is 0 Å². The summed E-state index contributed by atoms with van der Waals surface area (Å²) in [5.41, 5.74) is -0.767. The molecule has 1 rings (SSSR count). The minimum atomic E-state index is -1.38. The second-order valence-corrected chi connectivity index (χ2v) is 5.46. The van der Waals surface area contributed by atoms with E-state index in [1.807, 2.05) is 18.2 Å². The fourth-order valence-corrected chi connectivity index (χ4v) is 2.62. The zero-order valence-corrected chi connectivity index (χ0v) is 14.1. The molecule has 0 atom stereocenters. The Balaban J connectivity index is 3.37. The Morgan fingerprint density at radius 1 is 1.10 bits per heavy atom. The smallest absolute Gasteiger partial charge is 0.328 e. The van der Waals surface area contributed by atoms with Crippen molar-refractivity contribution in [3.05, 3.63) is 33.4 Å². The summed E-state index contributed by atoms with van der Waals surface area (Å²) in [5, 5.41) is 0. The molecule has 0 N–H and O–H groups in total. The fraction of sp³-hybridized carbons (Fsp3) is 0.467. The van der Waals surface area contributed by atoms with E-state index in [0.717, 1.165) is 3.57 Å². The lowest BCUT2D eigenvalue weighted by Gasteiger charge is -2.28. The van der Waals surface area contributed by atoms with Gasteiger partial charge in [0.1, 0.15) is 0 Å². The number of carbonyl (C=O) groups excluding carboxylic acids is 2. The lowest BCUT2D eigenvalue weighted by molar-refractivity contribution is -0.165. The fourth-order valence-electron chi connectivity index (χ4n) is 2.07. The summed E-state index contributed by atoms with van der Waals surface area (Å²) in [6.45, 7) is 5.68. The highest BCUT2D eigenvalue weighted by Crippen LogP contribution is 2.32. The van der Waals surface area contributed by atoms with Crippen LogP contribution in [0.2, 0.25) is 0 Å². The van der Waals surface area contributed by atoms with Gasteiger partial charge in [0, 0.05) is 3.57 Å². The third kappa shape index (κ3) is 3.31. The maximum absolute atomic E-state index is 12.4. The topological polar surface area (TPSA) is 52.6 Å². The SMILES string of the molecule is CCOC(=O)C(CC)(C(=O)OCC)c1cccc([125I])c1. The minimum absolute atomic E-state index is 0.226. The average Bonchev–Trinajstić information content (AvgIpc) is 2.41. The molecule has 0 bridgehead atoms. The van der Waals surface area contributed by atoms with Crippen molar-refractivity contribution in [1.29, 1.82) is 0 Å². The Morgan fingerprint density at radius 3 is 2.05 bits per heavy atom. The number of ether oxygens (including phenoxy) is 2. The first-order valence-corrected chi connectivity index (χ1v) is 7.71. The van der Waals surface area contributed by atoms with Crippen molar-refractivity contribution in [2.75, 3.05) is 13.2 Å². The number of rotatable bonds is 6. The summed E-state index contributed by atoms with van der Waals surface area (Å²) in [5.74, 6) is -1.11. The summed E-state index contributed by atoms with van der Waals surface area (Å²) in [6.07, 6.45) is 0.296. The number of esters is 2. The van der Waals surface area contributed by atoms with E-state index in [1.165, 1.54) is 0 Å². The average molecular weight is 388 g/mol. The van der Waals surface area contributed by atoms with E-state index in [4.69, 9.17) is 9.47 Å². The Hall–Kier alpha value is -1.11. The van der Waals surface area contributed by atoms with Gasteiger partial charge in [0.2, 0.25) is 0 Å². The van der Waals surface area contributed by atoms with Crippen molar-refractivity contribution < 1.29 is 19.1 Å². The van der Waals surface area contributed by atoms with Gasteiger partial charge in [-0.25, -0.2) is 0 Å². The number of benzene rings is 1. The molecule has 0 saturated carbocycles. The first-order valence-electron chi connectivity index (χ1n) is 6.63. The first kappa shape index (κ1) is 16.9. The van der Waals surface area contributed by atoms with Gasteiger partial charge >= 0.3 is 11.9 Å². The standard InChI is InChI=1S/C15H19IO4/c1-4-15(13(17)19-5-2,14(18)20-6-3)11-8-7-9-12(16)10-11/h7-10H,4-6H2,1-3H3/i16-2. The Labute approximate surface area is 133 Å². The van der Waals surface area contributed by atoms with Crippen LogP contribution in [0.4, 0.5) is 0 Å². The minimum Gasteiger partial charge on any atom is -0.465 e. The molecule has 0 radical (unpaired) electrons. The second kappa shape index (κ2) is 7.61. The molecular formula is C15H19IO4. The quantitative estimate of drug-likeness (QED) is 0.427. The lowest BCUT2D eigenvalue weighted by atomic mass is 9.78. The third-order valence-electron chi connectivity index (χ3n) is 3.10. The van der Waals surface area contributed by atoms with Crippen LogP contribution in [0.3, 0.4) is 0 Å². The molecule has 110 valence electrons. The van der Waals surface area contributed by atoms with Crippen LogP contribution in [0.1, 0.15) is 32.8 Å². The normalized spacial score (nSPS) is 11.0. The number of halogens is 1. The summed E-state index contributed by atoms with van der Waals surface area (Å²) >= 11 is 2.15. The Kier molecular flexibility index (Phi) is 6.45. The molecule has 5 heteroatoms. The maximum atomic E-state index is 12.4. The van der Waals surface area contributed by atoms with Crippen LogP contribution < -0.4 is 0 Å². The molecule has 0 amide bonds. The molecule has 0 unspecified atom stereocenters. The van der Waals surface area contributed by atoms with Gasteiger partial charge in [-0.05, 0) is 60.6 Å². The van der Waals surface area contributed by atoms with Crippen LogP contribution in [-0.4, -0.2) is 25.2 Å². The van der Waals surface area contributed by atoms with Crippen molar-refractivity contribution in [2.45, 2.75) is 32.6 Å². The zero-order chi connectivity index (χ0) is 15.2. The van der Waals surface area contributed by atoms with E-state index in [1.54, 1.807) is 26.8 Å².